The molecule has 1 aliphatic rings. The van der Waals surface area contributed by atoms with Crippen molar-refractivity contribution in [1.29, 1.82) is 0 Å². The van der Waals surface area contributed by atoms with Crippen LogP contribution in [0, 0.1) is 13.8 Å². The molecule has 5 nitrogen and oxygen atoms in total. The van der Waals surface area contributed by atoms with Gasteiger partial charge in [-0.25, -0.2) is 0 Å². The predicted octanol–water partition coefficient (Wildman–Crippen LogP) is 1.61. The standard InChI is InChI=1S/C13H21N3O2/c1-4-11(13-8(2)16-18-9(13)3)14-7-12(17)15-10-5-6-10/h10-11,14H,4-7H2,1-3H3,(H,15,17)/t11-/m1/s1. The van der Waals surface area contributed by atoms with Crippen molar-refractivity contribution in [2.75, 3.05) is 6.54 Å². The minimum absolute atomic E-state index is 0.0720. The molecular weight excluding hydrogens is 230 g/mol. The fraction of sp³-hybridized carbons (Fsp3) is 0.692. The van der Waals surface area contributed by atoms with Crippen LogP contribution in [0.3, 0.4) is 0 Å². The maximum absolute atomic E-state index is 11.6. The van der Waals surface area contributed by atoms with Crippen LogP contribution in [0.4, 0.5) is 0 Å². The molecule has 2 rings (SSSR count). The molecule has 100 valence electrons. The van der Waals surface area contributed by atoms with E-state index in [1.165, 1.54) is 0 Å². The van der Waals surface area contributed by atoms with Crippen LogP contribution < -0.4 is 10.6 Å². The van der Waals surface area contributed by atoms with E-state index in [2.05, 4.69) is 22.7 Å². The zero-order valence-electron chi connectivity index (χ0n) is 11.2. The van der Waals surface area contributed by atoms with E-state index in [-0.39, 0.29) is 11.9 Å². The van der Waals surface area contributed by atoms with E-state index in [0.717, 1.165) is 36.3 Å². The Hall–Kier alpha value is -1.36. The van der Waals surface area contributed by atoms with Crippen molar-refractivity contribution in [2.24, 2.45) is 0 Å². The molecule has 1 aliphatic carbocycles. The summed E-state index contributed by atoms with van der Waals surface area (Å²) in [6, 6.07) is 0.541. The number of nitrogens with one attached hydrogen (secondary N) is 2. The Kier molecular flexibility index (Phi) is 4.01. The minimum atomic E-state index is 0.0720. The summed E-state index contributed by atoms with van der Waals surface area (Å²) in [7, 11) is 0. The molecule has 0 unspecified atom stereocenters. The van der Waals surface area contributed by atoms with E-state index in [0.29, 0.717) is 12.6 Å². The molecule has 1 atom stereocenters. The monoisotopic (exact) mass is 251 g/mol. The van der Waals surface area contributed by atoms with Gasteiger partial charge in [-0.05, 0) is 33.1 Å². The Morgan fingerprint density at radius 1 is 1.50 bits per heavy atom. The molecule has 1 saturated carbocycles. The quantitative estimate of drug-likeness (QED) is 0.806. The van der Waals surface area contributed by atoms with Gasteiger partial charge in [0.05, 0.1) is 12.2 Å². The lowest BCUT2D eigenvalue weighted by molar-refractivity contribution is -0.120. The summed E-state index contributed by atoms with van der Waals surface area (Å²) in [4.78, 5) is 11.6. The van der Waals surface area contributed by atoms with Crippen LogP contribution >= 0.6 is 0 Å². The van der Waals surface area contributed by atoms with Crippen molar-refractivity contribution in [1.82, 2.24) is 15.8 Å². The van der Waals surface area contributed by atoms with Gasteiger partial charge in [0.15, 0.2) is 0 Å². The third-order valence-electron chi connectivity index (χ3n) is 3.30. The molecule has 0 aliphatic heterocycles. The normalized spacial score (nSPS) is 16.6. The molecule has 1 aromatic heterocycles. The maximum atomic E-state index is 11.6. The van der Waals surface area contributed by atoms with Gasteiger partial charge in [0.25, 0.3) is 0 Å². The molecule has 1 aromatic rings. The highest BCUT2D eigenvalue weighted by atomic mass is 16.5. The second-order valence-electron chi connectivity index (χ2n) is 4.92. The summed E-state index contributed by atoms with van der Waals surface area (Å²) in [6.45, 7) is 6.27. The molecule has 1 amide bonds. The molecule has 0 radical (unpaired) electrons. The molecular formula is C13H21N3O2. The van der Waals surface area contributed by atoms with Crippen LogP contribution in [0.1, 0.15) is 49.2 Å². The van der Waals surface area contributed by atoms with Gasteiger partial charge in [-0.3, -0.25) is 4.79 Å². The van der Waals surface area contributed by atoms with E-state index in [9.17, 15) is 4.79 Å². The van der Waals surface area contributed by atoms with Crippen molar-refractivity contribution >= 4 is 5.91 Å². The van der Waals surface area contributed by atoms with Gasteiger partial charge < -0.3 is 15.2 Å². The van der Waals surface area contributed by atoms with E-state index in [1.54, 1.807) is 0 Å². The van der Waals surface area contributed by atoms with Crippen molar-refractivity contribution in [3.05, 3.63) is 17.0 Å². The number of rotatable bonds is 6. The molecule has 0 saturated heterocycles. The summed E-state index contributed by atoms with van der Waals surface area (Å²) >= 11 is 0. The van der Waals surface area contributed by atoms with Crippen molar-refractivity contribution in [3.63, 3.8) is 0 Å². The number of aryl methyl sites for hydroxylation is 2. The minimum Gasteiger partial charge on any atom is -0.361 e. The third-order valence-corrected chi connectivity index (χ3v) is 3.30. The van der Waals surface area contributed by atoms with Gasteiger partial charge in [0, 0.05) is 17.6 Å². The fourth-order valence-electron chi connectivity index (χ4n) is 2.16. The third kappa shape index (κ3) is 3.10. The topological polar surface area (TPSA) is 67.2 Å². The first-order chi connectivity index (χ1) is 8.61. The molecule has 2 N–H and O–H groups in total. The largest absolute Gasteiger partial charge is 0.361 e. The van der Waals surface area contributed by atoms with Gasteiger partial charge in [0.1, 0.15) is 5.76 Å². The van der Waals surface area contributed by atoms with Crippen LogP contribution in [0.5, 0.6) is 0 Å². The molecule has 0 aromatic carbocycles. The zero-order valence-corrected chi connectivity index (χ0v) is 11.2. The number of carbonyl (C=O) groups is 1. The van der Waals surface area contributed by atoms with Crippen LogP contribution in [0.15, 0.2) is 4.52 Å². The highest BCUT2D eigenvalue weighted by molar-refractivity contribution is 5.78. The average molecular weight is 251 g/mol. The van der Waals surface area contributed by atoms with Gasteiger partial charge in [0.2, 0.25) is 5.91 Å². The molecule has 0 bridgehead atoms. The van der Waals surface area contributed by atoms with Crippen LogP contribution in [-0.4, -0.2) is 23.7 Å². The van der Waals surface area contributed by atoms with Crippen LogP contribution in [0.2, 0.25) is 0 Å². The first-order valence-corrected chi connectivity index (χ1v) is 6.57. The van der Waals surface area contributed by atoms with E-state index >= 15 is 0 Å². The van der Waals surface area contributed by atoms with Crippen molar-refractivity contribution < 1.29 is 9.32 Å². The number of amides is 1. The van der Waals surface area contributed by atoms with Crippen molar-refractivity contribution in [3.8, 4) is 0 Å². The van der Waals surface area contributed by atoms with Crippen LogP contribution in [-0.2, 0) is 4.79 Å². The lowest BCUT2D eigenvalue weighted by atomic mass is 10.0. The van der Waals surface area contributed by atoms with E-state index in [4.69, 9.17) is 4.52 Å². The smallest absolute Gasteiger partial charge is 0.234 e. The highest BCUT2D eigenvalue weighted by Crippen LogP contribution is 2.23. The summed E-state index contributed by atoms with van der Waals surface area (Å²) in [5.41, 5.74) is 1.98. The van der Waals surface area contributed by atoms with Gasteiger partial charge in [-0.1, -0.05) is 12.1 Å². The number of hydrogen-bond acceptors (Lipinski definition) is 4. The lowest BCUT2D eigenvalue weighted by Crippen LogP contribution is -2.36. The first-order valence-electron chi connectivity index (χ1n) is 6.57. The lowest BCUT2D eigenvalue weighted by Gasteiger charge is -2.16. The maximum Gasteiger partial charge on any atom is 0.234 e. The Morgan fingerprint density at radius 3 is 2.72 bits per heavy atom. The first kappa shape index (κ1) is 13.1. The number of carbonyl (C=O) groups excluding carboxylic acids is 1. The summed E-state index contributed by atoms with van der Waals surface area (Å²) < 4.78 is 5.17. The number of aromatic nitrogens is 1. The second-order valence-corrected chi connectivity index (χ2v) is 4.92. The van der Waals surface area contributed by atoms with Crippen molar-refractivity contribution in [2.45, 2.75) is 52.1 Å². The molecule has 1 fully saturated rings. The average Bonchev–Trinajstić information content (AvgIpc) is 3.09. The summed E-state index contributed by atoms with van der Waals surface area (Å²) in [6.07, 6.45) is 3.14. The molecule has 0 spiro atoms. The zero-order chi connectivity index (χ0) is 13.1. The van der Waals surface area contributed by atoms with E-state index in [1.807, 2.05) is 13.8 Å². The number of nitrogens with zero attached hydrogens (tertiary/aromatic N) is 1. The highest BCUT2D eigenvalue weighted by Gasteiger charge is 2.24. The second kappa shape index (κ2) is 5.52. The Labute approximate surface area is 107 Å². The SMILES string of the molecule is CC[C@@H](NCC(=O)NC1CC1)c1c(C)noc1C. The summed E-state index contributed by atoms with van der Waals surface area (Å²) in [5.74, 6) is 0.900. The molecule has 18 heavy (non-hydrogen) atoms. The van der Waals surface area contributed by atoms with Crippen LogP contribution in [0.25, 0.3) is 0 Å². The van der Waals surface area contributed by atoms with Gasteiger partial charge >= 0.3 is 0 Å². The fourth-order valence-corrected chi connectivity index (χ4v) is 2.16. The Morgan fingerprint density at radius 2 is 2.22 bits per heavy atom. The van der Waals surface area contributed by atoms with Gasteiger partial charge in [-0.2, -0.15) is 0 Å². The number of hydrogen-bond donors (Lipinski definition) is 2. The molecule has 5 heteroatoms. The Bertz CT molecular complexity index is 404. The Balaban J connectivity index is 1.90. The van der Waals surface area contributed by atoms with Gasteiger partial charge in [-0.15, -0.1) is 0 Å². The molecule has 1 heterocycles. The predicted molar refractivity (Wildman–Crippen MR) is 68.2 cm³/mol. The summed E-state index contributed by atoms with van der Waals surface area (Å²) in [5, 5.41) is 10.2. The van der Waals surface area contributed by atoms with E-state index < -0.39 is 0 Å².